The molecule has 1 fully saturated rings. The number of aliphatic imine (C=N–C) groups is 1. The molecule has 0 radical (unpaired) electrons. The van der Waals surface area contributed by atoms with Gasteiger partial charge in [-0.25, -0.2) is 4.99 Å². The van der Waals surface area contributed by atoms with Crippen LogP contribution in [0.5, 0.6) is 5.75 Å². The molecule has 22 heavy (non-hydrogen) atoms. The molecule has 1 heterocycles. The van der Waals surface area contributed by atoms with E-state index in [-0.39, 0.29) is 0 Å². The number of thioether (sulfide) groups is 1. The van der Waals surface area contributed by atoms with Gasteiger partial charge < -0.3 is 15.0 Å². The molecular formula is C17H27N3OS. The SMILES string of the molecule is CCNC(=NCc1ccccc1OC)N1CCSC(CC)C1. The Bertz CT molecular complexity index is 493. The van der Waals surface area contributed by atoms with E-state index >= 15 is 0 Å². The van der Waals surface area contributed by atoms with E-state index < -0.39 is 0 Å². The predicted octanol–water partition coefficient (Wildman–Crippen LogP) is 2.99. The summed E-state index contributed by atoms with van der Waals surface area (Å²) < 4.78 is 5.41. The third-order valence-corrected chi connectivity index (χ3v) is 5.19. The molecule has 122 valence electrons. The van der Waals surface area contributed by atoms with Gasteiger partial charge in [0.2, 0.25) is 0 Å². The van der Waals surface area contributed by atoms with Crippen LogP contribution in [0.4, 0.5) is 0 Å². The van der Waals surface area contributed by atoms with E-state index in [1.807, 2.05) is 18.2 Å². The number of hydrogen-bond acceptors (Lipinski definition) is 3. The Morgan fingerprint density at radius 1 is 1.41 bits per heavy atom. The number of nitrogens with zero attached hydrogens (tertiary/aromatic N) is 2. The minimum Gasteiger partial charge on any atom is -0.496 e. The molecule has 0 saturated carbocycles. The fraction of sp³-hybridized carbons (Fsp3) is 0.588. The summed E-state index contributed by atoms with van der Waals surface area (Å²) in [6.07, 6.45) is 1.22. The summed E-state index contributed by atoms with van der Waals surface area (Å²) >= 11 is 2.08. The molecule has 1 saturated heterocycles. The number of nitrogens with one attached hydrogen (secondary N) is 1. The molecule has 1 aliphatic heterocycles. The average molecular weight is 321 g/mol. The second kappa shape index (κ2) is 8.93. The molecule has 0 spiro atoms. The molecule has 1 aliphatic rings. The standard InChI is InChI=1S/C17H27N3OS/c1-4-15-13-20(10-11-22-15)17(18-5-2)19-12-14-8-6-7-9-16(14)21-3/h6-9,15H,4-5,10-13H2,1-3H3,(H,18,19). The van der Waals surface area contributed by atoms with Crippen molar-refractivity contribution in [1.82, 2.24) is 10.2 Å². The van der Waals surface area contributed by atoms with Crippen LogP contribution in [0, 0.1) is 0 Å². The summed E-state index contributed by atoms with van der Waals surface area (Å²) in [5.41, 5.74) is 1.12. The lowest BCUT2D eigenvalue weighted by molar-refractivity contribution is 0.404. The van der Waals surface area contributed by atoms with Gasteiger partial charge in [0.15, 0.2) is 5.96 Å². The van der Waals surface area contributed by atoms with Gasteiger partial charge >= 0.3 is 0 Å². The highest BCUT2D eigenvalue weighted by atomic mass is 32.2. The number of ether oxygens (including phenoxy) is 1. The van der Waals surface area contributed by atoms with Crippen LogP contribution in [0.15, 0.2) is 29.3 Å². The highest BCUT2D eigenvalue weighted by molar-refractivity contribution is 8.00. The number of methoxy groups -OCH3 is 1. The van der Waals surface area contributed by atoms with Gasteiger partial charge in [-0.2, -0.15) is 11.8 Å². The topological polar surface area (TPSA) is 36.9 Å². The Labute approximate surface area is 138 Å². The van der Waals surface area contributed by atoms with E-state index in [1.165, 1.54) is 12.2 Å². The molecule has 1 unspecified atom stereocenters. The summed E-state index contributed by atoms with van der Waals surface area (Å²) in [6, 6.07) is 8.09. The fourth-order valence-corrected chi connectivity index (χ4v) is 3.76. The van der Waals surface area contributed by atoms with Crippen molar-refractivity contribution in [1.29, 1.82) is 0 Å². The molecular weight excluding hydrogens is 294 g/mol. The van der Waals surface area contributed by atoms with Crippen molar-refractivity contribution in [3.05, 3.63) is 29.8 Å². The quantitative estimate of drug-likeness (QED) is 0.668. The van der Waals surface area contributed by atoms with Crippen molar-refractivity contribution in [2.75, 3.05) is 32.5 Å². The fourth-order valence-electron chi connectivity index (χ4n) is 2.58. The van der Waals surface area contributed by atoms with Gasteiger partial charge in [0.25, 0.3) is 0 Å². The lowest BCUT2D eigenvalue weighted by atomic mass is 10.2. The molecule has 1 aromatic rings. The first-order valence-electron chi connectivity index (χ1n) is 8.05. The van der Waals surface area contributed by atoms with Crippen LogP contribution in [-0.2, 0) is 6.54 Å². The van der Waals surface area contributed by atoms with Crippen LogP contribution in [0.25, 0.3) is 0 Å². The van der Waals surface area contributed by atoms with Gasteiger partial charge in [0.1, 0.15) is 5.75 Å². The third-order valence-electron chi connectivity index (χ3n) is 3.82. The number of benzene rings is 1. The van der Waals surface area contributed by atoms with Crippen molar-refractivity contribution in [3.8, 4) is 5.75 Å². The summed E-state index contributed by atoms with van der Waals surface area (Å²) in [5, 5.41) is 4.14. The zero-order valence-corrected chi connectivity index (χ0v) is 14.7. The van der Waals surface area contributed by atoms with Gasteiger partial charge in [-0.05, 0) is 19.4 Å². The molecule has 0 amide bonds. The van der Waals surface area contributed by atoms with Crippen LogP contribution in [0.3, 0.4) is 0 Å². The van der Waals surface area contributed by atoms with E-state index in [2.05, 4.69) is 41.9 Å². The predicted molar refractivity (Wildman–Crippen MR) is 95.9 cm³/mol. The van der Waals surface area contributed by atoms with Crippen molar-refractivity contribution in [2.24, 2.45) is 4.99 Å². The Balaban J connectivity index is 2.09. The van der Waals surface area contributed by atoms with Crippen LogP contribution in [-0.4, -0.2) is 48.6 Å². The van der Waals surface area contributed by atoms with E-state index in [0.29, 0.717) is 11.8 Å². The Hall–Kier alpha value is -1.36. The zero-order chi connectivity index (χ0) is 15.8. The molecule has 1 N–H and O–H groups in total. The maximum Gasteiger partial charge on any atom is 0.194 e. The molecule has 0 bridgehead atoms. The smallest absolute Gasteiger partial charge is 0.194 e. The second-order valence-corrected chi connectivity index (χ2v) is 6.74. The summed E-state index contributed by atoms with van der Waals surface area (Å²) in [7, 11) is 1.71. The van der Waals surface area contributed by atoms with Crippen LogP contribution in [0.2, 0.25) is 0 Å². The maximum atomic E-state index is 5.41. The Morgan fingerprint density at radius 3 is 2.95 bits per heavy atom. The van der Waals surface area contributed by atoms with Crippen LogP contribution < -0.4 is 10.1 Å². The van der Waals surface area contributed by atoms with Gasteiger partial charge in [-0.15, -0.1) is 0 Å². The largest absolute Gasteiger partial charge is 0.496 e. The number of hydrogen-bond donors (Lipinski definition) is 1. The molecule has 0 aromatic heterocycles. The molecule has 4 nitrogen and oxygen atoms in total. The second-order valence-electron chi connectivity index (χ2n) is 5.33. The first-order chi connectivity index (χ1) is 10.8. The lowest BCUT2D eigenvalue weighted by Crippen LogP contribution is -2.48. The third kappa shape index (κ3) is 4.57. The lowest BCUT2D eigenvalue weighted by Gasteiger charge is -2.34. The minimum atomic E-state index is 0.646. The number of rotatable bonds is 5. The van der Waals surface area contributed by atoms with E-state index in [9.17, 15) is 0 Å². The van der Waals surface area contributed by atoms with Crippen molar-refractivity contribution in [2.45, 2.75) is 32.1 Å². The molecule has 0 aliphatic carbocycles. The highest BCUT2D eigenvalue weighted by Crippen LogP contribution is 2.22. The van der Waals surface area contributed by atoms with Gasteiger partial charge in [-0.3, -0.25) is 0 Å². The van der Waals surface area contributed by atoms with Gasteiger partial charge in [0.05, 0.1) is 13.7 Å². The molecule has 2 rings (SSSR count). The van der Waals surface area contributed by atoms with Gasteiger partial charge in [-0.1, -0.05) is 25.1 Å². The first kappa shape index (κ1) is 17.0. The molecule has 5 heteroatoms. The Morgan fingerprint density at radius 2 is 2.23 bits per heavy atom. The van der Waals surface area contributed by atoms with Gasteiger partial charge in [0, 0.05) is 36.2 Å². The van der Waals surface area contributed by atoms with Crippen molar-refractivity contribution >= 4 is 17.7 Å². The molecule has 1 atom stereocenters. The Kier molecular flexibility index (Phi) is 6.90. The monoisotopic (exact) mass is 321 g/mol. The number of para-hydroxylation sites is 1. The summed E-state index contributed by atoms with van der Waals surface area (Å²) in [5.74, 6) is 3.10. The van der Waals surface area contributed by atoms with Crippen LogP contribution in [0.1, 0.15) is 25.8 Å². The number of guanidine groups is 1. The summed E-state index contributed by atoms with van der Waals surface area (Å²) in [4.78, 5) is 7.22. The first-order valence-corrected chi connectivity index (χ1v) is 9.10. The highest BCUT2D eigenvalue weighted by Gasteiger charge is 2.21. The van der Waals surface area contributed by atoms with Crippen LogP contribution >= 0.6 is 11.8 Å². The average Bonchev–Trinajstić information content (AvgIpc) is 2.58. The molecule has 1 aromatic carbocycles. The van der Waals surface area contributed by atoms with Crippen molar-refractivity contribution in [3.63, 3.8) is 0 Å². The van der Waals surface area contributed by atoms with E-state index in [0.717, 1.165) is 36.9 Å². The minimum absolute atomic E-state index is 0.646. The normalized spacial score (nSPS) is 19.1. The van der Waals surface area contributed by atoms with E-state index in [4.69, 9.17) is 9.73 Å². The zero-order valence-electron chi connectivity index (χ0n) is 13.8. The van der Waals surface area contributed by atoms with Crippen molar-refractivity contribution < 1.29 is 4.74 Å². The summed E-state index contributed by atoms with van der Waals surface area (Å²) in [6.45, 7) is 8.07. The maximum absolute atomic E-state index is 5.41. The van der Waals surface area contributed by atoms with E-state index in [1.54, 1.807) is 7.11 Å².